The van der Waals surface area contributed by atoms with Crippen molar-refractivity contribution in [3.05, 3.63) is 40.3 Å². The van der Waals surface area contributed by atoms with Gasteiger partial charge < -0.3 is 14.4 Å². The first-order valence-electron chi connectivity index (χ1n) is 7.47. The largest absolute Gasteiger partial charge is 0.493 e. The predicted molar refractivity (Wildman–Crippen MR) is 100.0 cm³/mol. The molecule has 0 fully saturated rings. The summed E-state index contributed by atoms with van der Waals surface area (Å²) in [7, 11) is 6.83. The molecule has 0 aliphatic carbocycles. The van der Waals surface area contributed by atoms with Crippen LogP contribution in [0.5, 0.6) is 11.5 Å². The zero-order chi connectivity index (χ0) is 18.0. The first-order valence-corrected chi connectivity index (χ1v) is 8.35. The monoisotopic (exact) mass is 358 g/mol. The van der Waals surface area contributed by atoms with E-state index in [1.54, 1.807) is 25.5 Å². The van der Waals surface area contributed by atoms with Crippen molar-refractivity contribution in [2.75, 3.05) is 28.3 Å². The molecule has 3 rings (SSSR count). The second-order valence-electron chi connectivity index (χ2n) is 5.49. The number of ether oxygens (including phenoxy) is 2. The van der Waals surface area contributed by atoms with Crippen molar-refractivity contribution in [1.82, 2.24) is 14.6 Å². The Kier molecular flexibility index (Phi) is 4.71. The highest BCUT2D eigenvalue weighted by atomic mass is 32.1. The van der Waals surface area contributed by atoms with Crippen LogP contribution < -0.4 is 15.0 Å². The molecule has 8 heteroatoms. The third kappa shape index (κ3) is 3.20. The molecule has 0 saturated carbocycles. The summed E-state index contributed by atoms with van der Waals surface area (Å²) in [6, 6.07) is 5.56. The van der Waals surface area contributed by atoms with Gasteiger partial charge in [0.1, 0.15) is 17.5 Å². The van der Waals surface area contributed by atoms with Gasteiger partial charge in [0.15, 0.2) is 11.5 Å². The van der Waals surface area contributed by atoms with Crippen LogP contribution >= 0.6 is 11.3 Å². The van der Waals surface area contributed by atoms with Gasteiger partial charge >= 0.3 is 0 Å². The van der Waals surface area contributed by atoms with Crippen molar-refractivity contribution in [2.45, 2.75) is 0 Å². The minimum atomic E-state index is -0.214. The minimum Gasteiger partial charge on any atom is -0.493 e. The lowest BCUT2D eigenvalue weighted by Crippen LogP contribution is -2.19. The van der Waals surface area contributed by atoms with E-state index in [-0.39, 0.29) is 5.56 Å². The first-order chi connectivity index (χ1) is 12.0. The maximum absolute atomic E-state index is 12.8. The minimum absolute atomic E-state index is 0.214. The van der Waals surface area contributed by atoms with Gasteiger partial charge in [0, 0.05) is 25.0 Å². The van der Waals surface area contributed by atoms with Crippen LogP contribution in [0.2, 0.25) is 0 Å². The summed E-state index contributed by atoms with van der Waals surface area (Å²) in [5, 5.41) is 6.59. The molecular formula is C17H18N4O3S. The van der Waals surface area contributed by atoms with Crippen LogP contribution in [0, 0.1) is 0 Å². The zero-order valence-corrected chi connectivity index (χ0v) is 15.2. The van der Waals surface area contributed by atoms with Gasteiger partial charge in [-0.15, -0.1) is 11.3 Å². The number of fused-ring (bicyclic) bond motifs is 1. The highest BCUT2D eigenvalue weighted by Crippen LogP contribution is 2.36. The second kappa shape index (κ2) is 6.94. The summed E-state index contributed by atoms with van der Waals surface area (Å²) in [6.07, 6.45) is 2.98. The van der Waals surface area contributed by atoms with Gasteiger partial charge in [-0.05, 0) is 17.7 Å². The molecule has 0 spiro atoms. The summed E-state index contributed by atoms with van der Waals surface area (Å²) >= 11 is 1.42. The normalized spacial score (nSPS) is 11.2. The Morgan fingerprint density at radius 1 is 1.24 bits per heavy atom. The molecular weight excluding hydrogens is 340 g/mol. The lowest BCUT2D eigenvalue weighted by Gasteiger charge is -2.09. The average Bonchev–Trinajstić information content (AvgIpc) is 3.05. The molecule has 7 nitrogen and oxygen atoms in total. The van der Waals surface area contributed by atoms with Crippen LogP contribution in [0.1, 0.15) is 0 Å². The summed E-state index contributed by atoms with van der Waals surface area (Å²) in [6.45, 7) is 0. The lowest BCUT2D eigenvalue weighted by molar-refractivity contribution is 0.355. The smallest absolute Gasteiger partial charge is 0.283 e. The molecule has 0 aliphatic rings. The van der Waals surface area contributed by atoms with Crippen LogP contribution in [-0.2, 0) is 0 Å². The summed E-state index contributed by atoms with van der Waals surface area (Å²) in [5.41, 5.74) is 1.44. The van der Waals surface area contributed by atoms with E-state index in [1.165, 1.54) is 22.3 Å². The lowest BCUT2D eigenvalue weighted by atomic mass is 10.1. The Balaban J connectivity index is 2.17. The topological polar surface area (TPSA) is 69.0 Å². The number of rotatable bonds is 5. The number of hydrogen-bond donors (Lipinski definition) is 0. The van der Waals surface area contributed by atoms with Gasteiger partial charge in [0.2, 0.25) is 0 Å². The van der Waals surface area contributed by atoms with Crippen molar-refractivity contribution in [1.29, 1.82) is 0 Å². The van der Waals surface area contributed by atoms with E-state index in [4.69, 9.17) is 9.47 Å². The van der Waals surface area contributed by atoms with Crippen LogP contribution in [0.3, 0.4) is 0 Å². The number of benzene rings is 1. The number of nitrogens with zero attached hydrogens (tertiary/aromatic N) is 4. The van der Waals surface area contributed by atoms with Gasteiger partial charge in [-0.25, -0.2) is 4.98 Å². The van der Waals surface area contributed by atoms with Crippen molar-refractivity contribution < 1.29 is 9.47 Å². The summed E-state index contributed by atoms with van der Waals surface area (Å²) < 4.78 is 11.9. The fourth-order valence-corrected chi connectivity index (χ4v) is 3.29. The van der Waals surface area contributed by atoms with Crippen LogP contribution in [-0.4, -0.2) is 49.2 Å². The van der Waals surface area contributed by atoms with Crippen molar-refractivity contribution in [3.63, 3.8) is 0 Å². The molecule has 0 unspecified atom stereocenters. The van der Waals surface area contributed by atoms with Crippen molar-refractivity contribution >= 4 is 27.9 Å². The highest BCUT2D eigenvalue weighted by Gasteiger charge is 2.15. The Bertz CT molecular complexity index is 991. The number of hydrogen-bond acceptors (Lipinski definition) is 6. The second-order valence-corrected chi connectivity index (χ2v) is 6.35. The third-order valence-electron chi connectivity index (χ3n) is 3.58. The third-order valence-corrected chi connectivity index (χ3v) is 4.47. The van der Waals surface area contributed by atoms with E-state index >= 15 is 0 Å². The summed E-state index contributed by atoms with van der Waals surface area (Å²) in [5.74, 6) is 1.24. The molecule has 2 aromatic heterocycles. The van der Waals surface area contributed by atoms with Crippen molar-refractivity contribution in [2.24, 2.45) is 5.10 Å². The molecule has 3 aromatic rings. The van der Waals surface area contributed by atoms with Gasteiger partial charge in [-0.3, -0.25) is 4.79 Å². The van der Waals surface area contributed by atoms with Gasteiger partial charge in [0.05, 0.1) is 19.6 Å². The molecule has 0 amide bonds. The van der Waals surface area contributed by atoms with E-state index in [1.807, 2.05) is 37.7 Å². The molecule has 0 atom stereocenters. The predicted octanol–water partition coefficient (Wildman–Crippen LogP) is 2.50. The number of aromatic nitrogens is 2. The van der Waals surface area contributed by atoms with E-state index < -0.39 is 0 Å². The molecule has 0 bridgehead atoms. The fourth-order valence-electron chi connectivity index (χ4n) is 2.38. The highest BCUT2D eigenvalue weighted by molar-refractivity contribution is 7.17. The van der Waals surface area contributed by atoms with E-state index in [0.717, 1.165) is 11.1 Å². The molecule has 1 aromatic carbocycles. The maximum Gasteiger partial charge on any atom is 0.283 e. The average molecular weight is 358 g/mol. The Morgan fingerprint density at radius 2 is 2.00 bits per heavy atom. The zero-order valence-electron chi connectivity index (χ0n) is 14.4. The first kappa shape index (κ1) is 17.0. The van der Waals surface area contributed by atoms with E-state index in [9.17, 15) is 4.79 Å². The van der Waals surface area contributed by atoms with Gasteiger partial charge in [0.25, 0.3) is 5.56 Å². The molecule has 2 heterocycles. The van der Waals surface area contributed by atoms with E-state index in [0.29, 0.717) is 21.7 Å². The SMILES string of the molecule is COc1ccc(-c2csc3ncn(N=CN(C)C)c(=O)c23)cc1OC. The van der Waals surface area contributed by atoms with Gasteiger partial charge in [-0.1, -0.05) is 6.07 Å². The Morgan fingerprint density at radius 3 is 2.68 bits per heavy atom. The Labute approximate surface area is 148 Å². The molecule has 0 N–H and O–H groups in total. The summed E-state index contributed by atoms with van der Waals surface area (Å²) in [4.78, 5) is 19.6. The molecule has 25 heavy (non-hydrogen) atoms. The van der Waals surface area contributed by atoms with Crippen molar-refractivity contribution in [3.8, 4) is 22.6 Å². The maximum atomic E-state index is 12.8. The molecule has 130 valence electrons. The number of methoxy groups -OCH3 is 2. The Hall–Kier alpha value is -2.87. The van der Waals surface area contributed by atoms with Gasteiger partial charge in [-0.2, -0.15) is 9.78 Å². The van der Waals surface area contributed by atoms with E-state index in [2.05, 4.69) is 10.1 Å². The standard InChI is InChI=1S/C17H18N4O3S/c1-20(2)10-19-21-9-18-16-15(17(21)22)12(8-25-16)11-5-6-13(23-3)14(7-11)24-4/h5-10H,1-4H3. The fraction of sp³-hybridized carbons (Fsp3) is 0.235. The molecule has 0 aliphatic heterocycles. The molecule has 0 saturated heterocycles. The molecule has 0 radical (unpaired) electrons. The van der Waals surface area contributed by atoms with Crippen LogP contribution in [0.4, 0.5) is 0 Å². The van der Waals surface area contributed by atoms with Crippen LogP contribution in [0.15, 0.2) is 39.8 Å². The quantitative estimate of drug-likeness (QED) is 0.518. The number of thiophene rings is 1. The van der Waals surface area contributed by atoms with Crippen LogP contribution in [0.25, 0.3) is 21.3 Å².